The monoisotopic (exact) mass is 288 g/mol. The molecule has 4 nitrogen and oxygen atoms in total. The molecule has 0 aliphatic heterocycles. The fourth-order valence-electron chi connectivity index (χ4n) is 2.61. The van der Waals surface area contributed by atoms with Crippen molar-refractivity contribution in [1.82, 2.24) is 14.8 Å². The van der Waals surface area contributed by atoms with Gasteiger partial charge in [-0.2, -0.15) is 5.10 Å². The number of aromatic nitrogens is 3. The van der Waals surface area contributed by atoms with E-state index in [-0.39, 0.29) is 0 Å². The van der Waals surface area contributed by atoms with Crippen LogP contribution < -0.4 is 5.32 Å². The lowest BCUT2D eigenvalue weighted by atomic mass is 9.97. The van der Waals surface area contributed by atoms with E-state index in [1.165, 1.54) is 12.8 Å². The number of rotatable bonds is 7. The maximum absolute atomic E-state index is 4.59. The molecule has 2 atom stereocenters. The molecule has 0 amide bonds. The van der Waals surface area contributed by atoms with E-state index in [2.05, 4.69) is 56.1 Å². The van der Waals surface area contributed by atoms with Gasteiger partial charge in [0.2, 0.25) is 0 Å². The highest BCUT2D eigenvalue weighted by atomic mass is 15.3. The predicted molar refractivity (Wildman–Crippen MR) is 89.7 cm³/mol. The van der Waals surface area contributed by atoms with Crippen molar-refractivity contribution in [3.63, 3.8) is 0 Å². The predicted octanol–water partition coefficient (Wildman–Crippen LogP) is 4.64. The van der Waals surface area contributed by atoms with E-state index in [4.69, 9.17) is 0 Å². The average molecular weight is 288 g/mol. The molecule has 0 radical (unpaired) electrons. The van der Waals surface area contributed by atoms with Crippen LogP contribution in [0, 0.1) is 5.92 Å². The lowest BCUT2D eigenvalue weighted by Crippen LogP contribution is -2.21. The standard InChI is InChI=1S/C17H28N4/c1-6-13(5)8-15(7-2)20-16-9-14-10-19-21(12(3)4)17(14)18-11-16/h9-13,15,20H,6-8H2,1-5H3. The normalized spacial score (nSPS) is 14.6. The Morgan fingerprint density at radius 3 is 2.52 bits per heavy atom. The lowest BCUT2D eigenvalue weighted by molar-refractivity contribution is 0.462. The number of fused-ring (bicyclic) bond motifs is 1. The molecule has 0 saturated heterocycles. The van der Waals surface area contributed by atoms with E-state index in [1.54, 1.807) is 0 Å². The van der Waals surface area contributed by atoms with Gasteiger partial charge in [-0.1, -0.05) is 27.2 Å². The lowest BCUT2D eigenvalue weighted by Gasteiger charge is -2.21. The molecule has 0 aliphatic carbocycles. The Morgan fingerprint density at radius 1 is 1.14 bits per heavy atom. The summed E-state index contributed by atoms with van der Waals surface area (Å²) in [4.78, 5) is 4.59. The number of nitrogens with zero attached hydrogens (tertiary/aromatic N) is 3. The number of anilines is 1. The first-order chi connectivity index (χ1) is 10.0. The minimum Gasteiger partial charge on any atom is -0.381 e. The minimum absolute atomic E-state index is 0.336. The van der Waals surface area contributed by atoms with E-state index in [9.17, 15) is 0 Å². The van der Waals surface area contributed by atoms with Crippen LogP contribution in [-0.4, -0.2) is 20.8 Å². The van der Waals surface area contributed by atoms with Crippen LogP contribution in [0.4, 0.5) is 5.69 Å². The second-order valence-corrected chi connectivity index (χ2v) is 6.32. The number of pyridine rings is 1. The fourth-order valence-corrected chi connectivity index (χ4v) is 2.61. The Bertz CT molecular complexity index is 573. The van der Waals surface area contributed by atoms with E-state index >= 15 is 0 Å². The number of hydrogen-bond donors (Lipinski definition) is 1. The molecule has 0 aromatic carbocycles. The molecule has 0 spiro atoms. The maximum Gasteiger partial charge on any atom is 0.158 e. The van der Waals surface area contributed by atoms with Crippen molar-refractivity contribution in [3.8, 4) is 0 Å². The average Bonchev–Trinajstić information content (AvgIpc) is 2.89. The van der Waals surface area contributed by atoms with Gasteiger partial charge in [0.15, 0.2) is 5.65 Å². The summed E-state index contributed by atoms with van der Waals surface area (Å²) in [7, 11) is 0. The zero-order valence-corrected chi connectivity index (χ0v) is 13.9. The molecule has 0 saturated carbocycles. The second-order valence-electron chi connectivity index (χ2n) is 6.32. The van der Waals surface area contributed by atoms with Gasteiger partial charge >= 0.3 is 0 Å². The van der Waals surface area contributed by atoms with Crippen molar-refractivity contribution in [2.75, 3.05) is 5.32 Å². The van der Waals surface area contributed by atoms with Crippen molar-refractivity contribution in [2.24, 2.45) is 5.92 Å². The molecule has 2 heterocycles. The molecule has 0 fully saturated rings. The van der Waals surface area contributed by atoms with E-state index < -0.39 is 0 Å². The molecule has 0 aliphatic rings. The van der Waals surface area contributed by atoms with Gasteiger partial charge in [0, 0.05) is 17.5 Å². The van der Waals surface area contributed by atoms with Crippen LogP contribution in [0.15, 0.2) is 18.5 Å². The molecule has 1 N–H and O–H groups in total. The van der Waals surface area contributed by atoms with Crippen LogP contribution >= 0.6 is 0 Å². The van der Waals surface area contributed by atoms with Gasteiger partial charge in [0.05, 0.1) is 18.1 Å². The Hall–Kier alpha value is -1.58. The largest absolute Gasteiger partial charge is 0.381 e. The molecule has 2 aromatic heterocycles. The molecule has 2 aromatic rings. The summed E-state index contributed by atoms with van der Waals surface area (Å²) in [5.74, 6) is 0.753. The second kappa shape index (κ2) is 6.92. The third-order valence-electron chi connectivity index (χ3n) is 4.17. The summed E-state index contributed by atoms with van der Waals surface area (Å²) in [5.41, 5.74) is 2.06. The smallest absolute Gasteiger partial charge is 0.158 e. The van der Waals surface area contributed by atoms with E-state index in [0.717, 1.165) is 29.1 Å². The van der Waals surface area contributed by atoms with Gasteiger partial charge in [0.1, 0.15) is 0 Å². The number of hydrogen-bond acceptors (Lipinski definition) is 3. The molecule has 2 unspecified atom stereocenters. The molecule has 4 heteroatoms. The van der Waals surface area contributed by atoms with Crippen molar-refractivity contribution in [3.05, 3.63) is 18.5 Å². The highest BCUT2D eigenvalue weighted by Gasteiger charge is 2.12. The Balaban J connectivity index is 2.15. The quantitative estimate of drug-likeness (QED) is 0.807. The molecular weight excluding hydrogens is 260 g/mol. The van der Waals surface area contributed by atoms with Crippen molar-refractivity contribution in [1.29, 1.82) is 0 Å². The van der Waals surface area contributed by atoms with Crippen LogP contribution in [0.3, 0.4) is 0 Å². The zero-order chi connectivity index (χ0) is 15.4. The van der Waals surface area contributed by atoms with Gasteiger partial charge < -0.3 is 5.32 Å². The Morgan fingerprint density at radius 2 is 1.90 bits per heavy atom. The van der Waals surface area contributed by atoms with Crippen molar-refractivity contribution >= 4 is 16.7 Å². The first kappa shape index (κ1) is 15.8. The van der Waals surface area contributed by atoms with Crippen molar-refractivity contribution in [2.45, 2.75) is 66.0 Å². The first-order valence-corrected chi connectivity index (χ1v) is 8.14. The van der Waals surface area contributed by atoms with Crippen LogP contribution in [-0.2, 0) is 0 Å². The molecule has 0 bridgehead atoms. The third-order valence-corrected chi connectivity index (χ3v) is 4.17. The molecule has 2 rings (SSSR count). The van der Waals surface area contributed by atoms with Crippen molar-refractivity contribution < 1.29 is 0 Å². The van der Waals surface area contributed by atoms with Crippen LogP contribution in [0.5, 0.6) is 0 Å². The van der Waals surface area contributed by atoms with E-state index in [0.29, 0.717) is 12.1 Å². The summed E-state index contributed by atoms with van der Waals surface area (Å²) in [5, 5.41) is 9.15. The summed E-state index contributed by atoms with van der Waals surface area (Å²) >= 11 is 0. The molecule has 116 valence electrons. The summed E-state index contributed by atoms with van der Waals surface area (Å²) in [6, 6.07) is 3.01. The van der Waals surface area contributed by atoms with Gasteiger partial charge in [0.25, 0.3) is 0 Å². The maximum atomic E-state index is 4.59. The first-order valence-electron chi connectivity index (χ1n) is 8.14. The Kier molecular flexibility index (Phi) is 5.21. The van der Waals surface area contributed by atoms with Gasteiger partial charge in [-0.15, -0.1) is 0 Å². The summed E-state index contributed by atoms with van der Waals surface area (Å²) < 4.78 is 1.97. The zero-order valence-electron chi connectivity index (χ0n) is 13.9. The highest BCUT2D eigenvalue weighted by Crippen LogP contribution is 2.21. The summed E-state index contributed by atoms with van der Waals surface area (Å²) in [6.45, 7) is 11.1. The van der Waals surface area contributed by atoms with Gasteiger partial charge in [-0.25, -0.2) is 9.67 Å². The SMILES string of the molecule is CCC(C)CC(CC)Nc1cnc2c(cnn2C(C)C)c1. The van der Waals surface area contributed by atoms with Crippen LogP contribution in [0.25, 0.3) is 11.0 Å². The summed E-state index contributed by atoms with van der Waals surface area (Å²) in [6.07, 6.45) is 7.41. The topological polar surface area (TPSA) is 42.7 Å². The molecule has 21 heavy (non-hydrogen) atoms. The van der Waals surface area contributed by atoms with Gasteiger partial charge in [-0.3, -0.25) is 0 Å². The third kappa shape index (κ3) is 3.74. The van der Waals surface area contributed by atoms with Gasteiger partial charge in [-0.05, 0) is 38.7 Å². The highest BCUT2D eigenvalue weighted by molar-refractivity contribution is 5.78. The minimum atomic E-state index is 0.336. The van der Waals surface area contributed by atoms with Crippen LogP contribution in [0.1, 0.15) is 59.9 Å². The molecular formula is C17H28N4. The number of nitrogens with one attached hydrogen (secondary N) is 1. The van der Waals surface area contributed by atoms with E-state index in [1.807, 2.05) is 17.1 Å². The Labute approximate surface area is 128 Å². The van der Waals surface area contributed by atoms with Crippen LogP contribution in [0.2, 0.25) is 0 Å². The fraction of sp³-hybridized carbons (Fsp3) is 0.647.